The van der Waals surface area contributed by atoms with E-state index in [4.69, 9.17) is 27.1 Å². The number of rotatable bonds is 6. The molecule has 7 nitrogen and oxygen atoms in total. The number of methoxy groups -OCH3 is 1. The van der Waals surface area contributed by atoms with Gasteiger partial charge in [-0.05, 0) is 83.8 Å². The lowest BCUT2D eigenvalue weighted by molar-refractivity contribution is -0.122. The number of benzene rings is 3. The number of amides is 1. The Balaban J connectivity index is 1.35. The molecule has 1 aliphatic carbocycles. The summed E-state index contributed by atoms with van der Waals surface area (Å²) < 4.78 is 9.05. The van der Waals surface area contributed by atoms with Crippen molar-refractivity contribution in [2.75, 3.05) is 7.11 Å². The molecule has 3 N–H and O–H groups in total. The van der Waals surface area contributed by atoms with Crippen molar-refractivity contribution in [1.29, 1.82) is 0 Å². The van der Waals surface area contributed by atoms with Gasteiger partial charge in [-0.3, -0.25) is 4.79 Å². The molecule has 0 spiro atoms. The second kappa shape index (κ2) is 12.1. The summed E-state index contributed by atoms with van der Waals surface area (Å²) in [6.45, 7) is 0.400. The molecule has 4 heterocycles. The number of primary amides is 1. The van der Waals surface area contributed by atoms with E-state index in [1.54, 1.807) is 13.2 Å². The van der Waals surface area contributed by atoms with E-state index < -0.39 is 11.9 Å². The van der Waals surface area contributed by atoms with Crippen molar-refractivity contribution in [3.63, 3.8) is 0 Å². The van der Waals surface area contributed by atoms with Gasteiger partial charge in [-0.1, -0.05) is 67.3 Å². The number of carboxylic acid groups (broad SMARTS) is 1. The van der Waals surface area contributed by atoms with Crippen LogP contribution in [-0.4, -0.2) is 33.6 Å². The molecule has 1 fully saturated rings. The van der Waals surface area contributed by atoms with Crippen molar-refractivity contribution >= 4 is 55.9 Å². The van der Waals surface area contributed by atoms with Gasteiger partial charge in [0.1, 0.15) is 10.6 Å². The van der Waals surface area contributed by atoms with Gasteiger partial charge < -0.3 is 20.1 Å². The van der Waals surface area contributed by atoms with Gasteiger partial charge in [-0.25, -0.2) is 9.78 Å². The Kier molecular flexibility index (Phi) is 7.73. The summed E-state index contributed by atoms with van der Waals surface area (Å²) in [6.07, 6.45) is 6.11. The molecule has 6 aromatic rings. The zero-order valence-corrected chi connectivity index (χ0v) is 28.0. The first-order valence-electron chi connectivity index (χ1n) is 16.4. The van der Waals surface area contributed by atoms with E-state index in [0.29, 0.717) is 34.5 Å². The molecule has 9 heteroatoms. The molecule has 1 saturated carbocycles. The van der Waals surface area contributed by atoms with Gasteiger partial charge in [0.2, 0.25) is 5.91 Å². The molecule has 48 heavy (non-hydrogen) atoms. The van der Waals surface area contributed by atoms with Crippen LogP contribution in [0.3, 0.4) is 0 Å². The van der Waals surface area contributed by atoms with Crippen LogP contribution in [-0.2, 0) is 17.8 Å². The number of ether oxygens (including phenoxy) is 1. The molecule has 8 rings (SSSR count). The number of halogens is 1. The summed E-state index contributed by atoms with van der Waals surface area (Å²) in [5.74, 6) is -0.726. The van der Waals surface area contributed by atoms with Gasteiger partial charge in [-0.2, -0.15) is 0 Å². The number of hydrogen-bond acceptors (Lipinski definition) is 5. The molecular formula is C39H34ClN3O4S. The zero-order chi connectivity index (χ0) is 33.1. The maximum atomic E-state index is 13.0. The van der Waals surface area contributed by atoms with Crippen LogP contribution in [0.4, 0.5) is 0 Å². The van der Waals surface area contributed by atoms with Gasteiger partial charge >= 0.3 is 5.97 Å². The summed E-state index contributed by atoms with van der Waals surface area (Å²) in [4.78, 5) is 30.6. The number of thiophene rings is 1. The summed E-state index contributed by atoms with van der Waals surface area (Å²) in [5.41, 5.74) is 15.9. The van der Waals surface area contributed by atoms with Gasteiger partial charge in [-0.15, -0.1) is 11.3 Å². The smallest absolute Gasteiger partial charge is 0.345 e. The second-order valence-electron chi connectivity index (χ2n) is 12.9. The molecule has 0 bridgehead atoms. The number of aromatic carboxylic acids is 1. The van der Waals surface area contributed by atoms with E-state index in [0.717, 1.165) is 86.0 Å². The summed E-state index contributed by atoms with van der Waals surface area (Å²) in [6, 6.07) is 23.8. The van der Waals surface area contributed by atoms with Crippen LogP contribution in [0.15, 0.2) is 72.8 Å². The van der Waals surface area contributed by atoms with Crippen molar-refractivity contribution < 1.29 is 19.4 Å². The lowest BCUT2D eigenvalue weighted by Gasteiger charge is -2.24. The van der Waals surface area contributed by atoms with E-state index in [-0.39, 0.29) is 5.91 Å². The topological polar surface area (TPSA) is 107 Å². The molecule has 3 aromatic carbocycles. The highest BCUT2D eigenvalue weighted by Gasteiger charge is 2.34. The molecular weight excluding hydrogens is 642 g/mol. The van der Waals surface area contributed by atoms with Gasteiger partial charge in [0.25, 0.3) is 0 Å². The summed E-state index contributed by atoms with van der Waals surface area (Å²) >= 11 is 7.56. The minimum Gasteiger partial charge on any atom is -0.496 e. The highest BCUT2D eigenvalue weighted by Crippen LogP contribution is 2.50. The third-order valence-corrected chi connectivity index (χ3v) is 11.5. The highest BCUT2D eigenvalue weighted by molar-refractivity contribution is 7.21. The van der Waals surface area contributed by atoms with Crippen LogP contribution >= 0.6 is 22.9 Å². The Morgan fingerprint density at radius 1 is 1.00 bits per heavy atom. The molecule has 2 aliphatic rings. The number of carbonyl (C=O) groups is 2. The normalized spacial score (nSPS) is 16.4. The zero-order valence-electron chi connectivity index (χ0n) is 26.5. The predicted molar refractivity (Wildman–Crippen MR) is 192 cm³/mol. The quantitative estimate of drug-likeness (QED) is 0.183. The maximum Gasteiger partial charge on any atom is 0.345 e. The Hall–Kier alpha value is -4.66. The second-order valence-corrected chi connectivity index (χ2v) is 14.4. The van der Waals surface area contributed by atoms with Crippen LogP contribution in [0.1, 0.15) is 58.8 Å². The number of hydrogen-bond donors (Lipinski definition) is 2. The van der Waals surface area contributed by atoms with Crippen molar-refractivity contribution in [2.24, 2.45) is 11.7 Å². The van der Waals surface area contributed by atoms with Crippen molar-refractivity contribution in [3.8, 4) is 39.4 Å². The van der Waals surface area contributed by atoms with Crippen molar-refractivity contribution in [3.05, 3.63) is 93.8 Å². The highest BCUT2D eigenvalue weighted by atomic mass is 35.5. The van der Waals surface area contributed by atoms with E-state index in [1.807, 2.05) is 42.5 Å². The third-order valence-electron chi connectivity index (χ3n) is 10.1. The van der Waals surface area contributed by atoms with Crippen LogP contribution < -0.4 is 10.5 Å². The monoisotopic (exact) mass is 675 g/mol. The van der Waals surface area contributed by atoms with Crippen molar-refractivity contribution in [1.82, 2.24) is 9.55 Å². The summed E-state index contributed by atoms with van der Waals surface area (Å²) in [7, 11) is 1.67. The Labute approximate surface area is 286 Å². The number of nitrogens with zero attached hydrogens (tertiary/aromatic N) is 2. The fourth-order valence-corrected chi connectivity index (χ4v) is 9.16. The number of pyridine rings is 1. The molecule has 1 amide bonds. The largest absolute Gasteiger partial charge is 0.496 e. The number of fused-ring (bicyclic) bond motifs is 7. The minimum atomic E-state index is -0.928. The lowest BCUT2D eigenvalue weighted by atomic mass is 9.82. The molecule has 3 aromatic heterocycles. The van der Waals surface area contributed by atoms with E-state index in [9.17, 15) is 14.7 Å². The van der Waals surface area contributed by atoms with Gasteiger partial charge in [0.15, 0.2) is 0 Å². The molecule has 1 unspecified atom stereocenters. The number of carboxylic acids is 1. The van der Waals surface area contributed by atoms with Gasteiger partial charge in [0.05, 0.1) is 45.7 Å². The van der Waals surface area contributed by atoms with Crippen molar-refractivity contribution in [2.45, 2.75) is 51.0 Å². The first-order chi connectivity index (χ1) is 23.3. The lowest BCUT2D eigenvalue weighted by Crippen LogP contribution is -2.28. The van der Waals surface area contributed by atoms with Gasteiger partial charge in [0, 0.05) is 22.5 Å². The number of carbonyl (C=O) groups excluding carboxylic acids is 1. The maximum absolute atomic E-state index is 13.0. The number of nitrogens with two attached hydrogens (primary N) is 1. The Morgan fingerprint density at radius 3 is 2.52 bits per heavy atom. The van der Waals surface area contributed by atoms with Crippen LogP contribution in [0.5, 0.6) is 5.75 Å². The Bertz CT molecular complexity index is 2250. The third kappa shape index (κ3) is 5.06. The summed E-state index contributed by atoms with van der Waals surface area (Å²) in [5, 5.41) is 11.6. The predicted octanol–water partition coefficient (Wildman–Crippen LogP) is 9.32. The molecule has 0 radical (unpaired) electrons. The van der Waals surface area contributed by atoms with Crippen LogP contribution in [0, 0.1) is 5.92 Å². The van der Waals surface area contributed by atoms with Crippen LogP contribution in [0.2, 0.25) is 5.02 Å². The molecule has 0 saturated heterocycles. The van der Waals surface area contributed by atoms with E-state index >= 15 is 0 Å². The SMILES string of the molecule is COc1cccc(-c2ccc(Cl)cc2)c1-c1ccc2c3c(ccc2n1)-c1c(C2CCCCC2)c2sc(C(=O)O)cc2n1CC(C(N)=O)C3. The Morgan fingerprint density at radius 2 is 1.79 bits per heavy atom. The minimum absolute atomic E-state index is 0.317. The fourth-order valence-electron chi connectivity index (χ4n) is 7.91. The number of aromatic nitrogens is 2. The molecule has 1 atom stereocenters. The van der Waals surface area contributed by atoms with E-state index in [2.05, 4.69) is 28.8 Å². The van der Waals surface area contributed by atoms with Crippen LogP contribution in [0.25, 0.3) is 54.8 Å². The fraction of sp³-hybridized carbons (Fsp3) is 0.256. The first kappa shape index (κ1) is 30.7. The average molecular weight is 676 g/mol. The standard InChI is InChI=1S/C39H34ClN3O4S/c1-47-32-9-5-8-25(21-10-12-24(40)13-11-21)35(32)30-17-14-26-28-18-23(38(41)44)20-43-31-19-33(39(45)46)48-37(31)34(22-6-3-2-4-7-22)36(43)27(28)15-16-29(26)42-30/h5,8-17,19,22-23H,2-4,6-7,18,20H2,1H3,(H2,41,44)(H,45,46). The van der Waals surface area contributed by atoms with E-state index in [1.165, 1.54) is 23.3 Å². The molecule has 1 aliphatic heterocycles. The molecule has 242 valence electrons. The average Bonchev–Trinajstić information content (AvgIpc) is 3.60. The first-order valence-corrected chi connectivity index (χ1v) is 17.6.